The fraction of sp³-hybridized carbons (Fsp3) is 1.00. The predicted octanol–water partition coefficient (Wildman–Crippen LogP) is 2.55. The Labute approximate surface area is 68.5 Å². The van der Waals surface area contributed by atoms with Gasteiger partial charge in [-0.1, -0.05) is 6.92 Å². The summed E-state index contributed by atoms with van der Waals surface area (Å²) in [5.74, 6) is 2.40. The summed E-state index contributed by atoms with van der Waals surface area (Å²) >= 11 is 1.98. The van der Waals surface area contributed by atoms with E-state index in [9.17, 15) is 0 Å². The molecule has 2 heteroatoms. The zero-order chi connectivity index (χ0) is 7.82. The largest absolute Gasteiger partial charge is 0.378 e. The molecule has 62 valence electrons. The Hall–Kier alpha value is 0.310. The van der Waals surface area contributed by atoms with Gasteiger partial charge in [0, 0.05) is 12.4 Å². The molecule has 10 heavy (non-hydrogen) atoms. The zero-order valence-electron chi connectivity index (χ0n) is 7.22. The third-order valence-electron chi connectivity index (χ3n) is 1.15. The molecule has 0 aliphatic heterocycles. The summed E-state index contributed by atoms with van der Waals surface area (Å²) in [6.45, 7) is 7.22. The Morgan fingerprint density at radius 2 is 2.10 bits per heavy atom. The Balaban J connectivity index is 2.97. The maximum Gasteiger partial charge on any atom is 0.0637 e. The van der Waals surface area contributed by atoms with E-state index in [-0.39, 0.29) is 0 Å². The summed E-state index contributed by atoms with van der Waals surface area (Å²) in [5, 5.41) is 0. The molecular formula is C8H18OS. The highest BCUT2D eigenvalue weighted by Crippen LogP contribution is 2.06. The minimum absolute atomic E-state index is 0.432. The van der Waals surface area contributed by atoms with E-state index in [1.807, 2.05) is 18.7 Å². The molecule has 0 aliphatic rings. The molecule has 0 saturated carbocycles. The van der Waals surface area contributed by atoms with Gasteiger partial charge in [0.2, 0.25) is 0 Å². The van der Waals surface area contributed by atoms with Crippen molar-refractivity contribution >= 4 is 11.8 Å². The first-order valence-corrected chi connectivity index (χ1v) is 5.16. The number of hydrogen-bond acceptors (Lipinski definition) is 2. The normalized spacial score (nSPS) is 13.5. The fourth-order valence-corrected chi connectivity index (χ4v) is 1.61. The van der Waals surface area contributed by atoms with Crippen LogP contribution in [0.1, 0.15) is 27.2 Å². The van der Waals surface area contributed by atoms with Gasteiger partial charge in [-0.15, -0.1) is 0 Å². The number of ether oxygens (including phenoxy) is 1. The molecule has 0 aromatic heterocycles. The highest BCUT2D eigenvalue weighted by Gasteiger charge is 1.98. The van der Waals surface area contributed by atoms with Crippen LogP contribution in [0.3, 0.4) is 0 Å². The van der Waals surface area contributed by atoms with Crippen molar-refractivity contribution in [3.8, 4) is 0 Å². The second-order valence-corrected chi connectivity index (χ2v) is 3.49. The molecule has 1 nitrogen and oxygen atoms in total. The van der Waals surface area contributed by atoms with Crippen LogP contribution in [-0.2, 0) is 4.74 Å². The molecule has 1 atom stereocenters. The van der Waals surface area contributed by atoms with Crippen LogP contribution in [0.5, 0.6) is 0 Å². The van der Waals surface area contributed by atoms with Crippen molar-refractivity contribution in [3.05, 3.63) is 0 Å². The van der Waals surface area contributed by atoms with Crippen molar-refractivity contribution in [1.29, 1.82) is 0 Å². The van der Waals surface area contributed by atoms with Gasteiger partial charge in [-0.05, 0) is 26.0 Å². The molecule has 0 aromatic rings. The second kappa shape index (κ2) is 7.42. The molecule has 0 fully saturated rings. The van der Waals surface area contributed by atoms with E-state index in [1.165, 1.54) is 12.2 Å². The maximum atomic E-state index is 5.37. The van der Waals surface area contributed by atoms with Crippen LogP contribution in [-0.4, -0.2) is 24.2 Å². The summed E-state index contributed by atoms with van der Waals surface area (Å²) < 4.78 is 5.37. The highest BCUT2D eigenvalue weighted by atomic mass is 32.2. The Bertz CT molecular complexity index is 66.3. The van der Waals surface area contributed by atoms with Gasteiger partial charge < -0.3 is 4.74 Å². The quantitative estimate of drug-likeness (QED) is 0.555. The molecule has 0 rings (SSSR count). The monoisotopic (exact) mass is 162 g/mol. The number of thioether (sulfide) groups is 1. The molecule has 1 unspecified atom stereocenters. The number of rotatable bonds is 6. The Kier molecular flexibility index (Phi) is 7.65. The molecule has 0 saturated heterocycles. The standard InChI is InChI=1S/C8H18OS/c1-4-6-10-7-8(3)9-5-2/h8H,4-7H2,1-3H3. The lowest BCUT2D eigenvalue weighted by atomic mass is 10.5. The lowest BCUT2D eigenvalue weighted by molar-refractivity contribution is 0.0932. The van der Waals surface area contributed by atoms with Gasteiger partial charge in [0.05, 0.1) is 6.10 Å². The molecule has 0 N–H and O–H groups in total. The van der Waals surface area contributed by atoms with Crippen LogP contribution in [0.15, 0.2) is 0 Å². The van der Waals surface area contributed by atoms with E-state index >= 15 is 0 Å². The highest BCUT2D eigenvalue weighted by molar-refractivity contribution is 7.99. The summed E-state index contributed by atoms with van der Waals surface area (Å²) in [7, 11) is 0. The lowest BCUT2D eigenvalue weighted by Gasteiger charge is -2.09. The maximum absolute atomic E-state index is 5.37. The van der Waals surface area contributed by atoms with Crippen LogP contribution in [0.4, 0.5) is 0 Å². The smallest absolute Gasteiger partial charge is 0.0637 e. The minimum Gasteiger partial charge on any atom is -0.378 e. The van der Waals surface area contributed by atoms with Gasteiger partial charge >= 0.3 is 0 Å². The van der Waals surface area contributed by atoms with Gasteiger partial charge in [-0.2, -0.15) is 11.8 Å². The molecule has 0 spiro atoms. The zero-order valence-corrected chi connectivity index (χ0v) is 8.04. The van der Waals surface area contributed by atoms with Crippen molar-refractivity contribution in [1.82, 2.24) is 0 Å². The summed E-state index contributed by atoms with van der Waals surface area (Å²) in [4.78, 5) is 0. The van der Waals surface area contributed by atoms with Crippen molar-refractivity contribution in [3.63, 3.8) is 0 Å². The molecule has 0 radical (unpaired) electrons. The van der Waals surface area contributed by atoms with Crippen LogP contribution in [0.25, 0.3) is 0 Å². The van der Waals surface area contributed by atoms with Crippen molar-refractivity contribution in [2.75, 3.05) is 18.1 Å². The Morgan fingerprint density at radius 3 is 2.60 bits per heavy atom. The number of hydrogen-bond donors (Lipinski definition) is 0. The van der Waals surface area contributed by atoms with Gasteiger partial charge in [0.1, 0.15) is 0 Å². The lowest BCUT2D eigenvalue weighted by Crippen LogP contribution is -2.10. The van der Waals surface area contributed by atoms with E-state index in [1.54, 1.807) is 0 Å². The fourth-order valence-electron chi connectivity index (χ4n) is 0.726. The first-order chi connectivity index (χ1) is 4.81. The van der Waals surface area contributed by atoms with Gasteiger partial charge in [-0.25, -0.2) is 0 Å². The Morgan fingerprint density at radius 1 is 1.40 bits per heavy atom. The molecule has 0 aliphatic carbocycles. The van der Waals surface area contributed by atoms with Gasteiger partial charge in [0.15, 0.2) is 0 Å². The first kappa shape index (κ1) is 10.3. The summed E-state index contributed by atoms with van der Waals surface area (Å²) in [5.41, 5.74) is 0. The van der Waals surface area contributed by atoms with Crippen LogP contribution in [0.2, 0.25) is 0 Å². The van der Waals surface area contributed by atoms with E-state index in [0.29, 0.717) is 6.10 Å². The van der Waals surface area contributed by atoms with Crippen LogP contribution in [0, 0.1) is 0 Å². The third kappa shape index (κ3) is 6.43. The van der Waals surface area contributed by atoms with E-state index in [2.05, 4.69) is 13.8 Å². The van der Waals surface area contributed by atoms with E-state index in [4.69, 9.17) is 4.74 Å². The predicted molar refractivity (Wildman–Crippen MR) is 48.7 cm³/mol. The van der Waals surface area contributed by atoms with E-state index in [0.717, 1.165) is 12.4 Å². The average Bonchev–Trinajstić information content (AvgIpc) is 1.89. The molecule has 0 aromatic carbocycles. The van der Waals surface area contributed by atoms with Gasteiger partial charge in [0.25, 0.3) is 0 Å². The third-order valence-corrected chi connectivity index (χ3v) is 2.55. The van der Waals surface area contributed by atoms with Crippen LogP contribution < -0.4 is 0 Å². The van der Waals surface area contributed by atoms with Crippen molar-refractivity contribution in [2.24, 2.45) is 0 Å². The SMILES string of the molecule is CCCSCC(C)OCC. The first-order valence-electron chi connectivity index (χ1n) is 4.00. The molecule has 0 amide bonds. The van der Waals surface area contributed by atoms with Gasteiger partial charge in [-0.3, -0.25) is 0 Å². The average molecular weight is 162 g/mol. The summed E-state index contributed by atoms with van der Waals surface area (Å²) in [6.07, 6.45) is 1.70. The summed E-state index contributed by atoms with van der Waals surface area (Å²) in [6, 6.07) is 0. The van der Waals surface area contributed by atoms with Crippen molar-refractivity contribution in [2.45, 2.75) is 33.3 Å². The van der Waals surface area contributed by atoms with E-state index < -0.39 is 0 Å². The molecule has 0 bridgehead atoms. The topological polar surface area (TPSA) is 9.23 Å². The molecule has 0 heterocycles. The van der Waals surface area contributed by atoms with Crippen LogP contribution >= 0.6 is 11.8 Å². The molecular weight excluding hydrogens is 144 g/mol. The second-order valence-electron chi connectivity index (χ2n) is 2.34. The minimum atomic E-state index is 0.432. The van der Waals surface area contributed by atoms with Crippen molar-refractivity contribution < 1.29 is 4.74 Å².